The first-order valence-corrected chi connectivity index (χ1v) is 10.7. The van der Waals surface area contributed by atoms with Crippen molar-refractivity contribution in [2.24, 2.45) is 0 Å². The zero-order chi connectivity index (χ0) is 21.3. The number of hydrogen-bond acceptors (Lipinski definition) is 5. The first kappa shape index (κ1) is 21.5. The number of nitrogens with zero attached hydrogens (tertiary/aromatic N) is 2. The third kappa shape index (κ3) is 4.53. The van der Waals surface area contributed by atoms with Gasteiger partial charge in [-0.1, -0.05) is 36.1 Å². The number of carbonyl (C=O) groups excluding carboxylic acids is 2. The second-order valence-electron chi connectivity index (χ2n) is 8.16. The Kier molecular flexibility index (Phi) is 6.14. The van der Waals surface area contributed by atoms with E-state index < -0.39 is 12.0 Å². The van der Waals surface area contributed by atoms with Gasteiger partial charge in [0.25, 0.3) is 11.8 Å². The Morgan fingerprint density at radius 3 is 2.41 bits per heavy atom. The molecule has 3 rings (SSSR count). The van der Waals surface area contributed by atoms with Gasteiger partial charge in [-0.15, -0.1) is 0 Å². The second kappa shape index (κ2) is 8.28. The molecule has 2 heterocycles. The number of piperidine rings is 1. The molecule has 8 heteroatoms. The Hall–Kier alpha value is -2.19. The van der Waals surface area contributed by atoms with Crippen molar-refractivity contribution < 1.29 is 19.5 Å². The summed E-state index contributed by atoms with van der Waals surface area (Å²) in [7, 11) is 0. The molecule has 0 spiro atoms. The third-order valence-electron chi connectivity index (χ3n) is 4.97. The Labute approximate surface area is 179 Å². The highest BCUT2D eigenvalue weighted by molar-refractivity contribution is 8.26. The lowest BCUT2D eigenvalue weighted by Gasteiger charge is -2.33. The Morgan fingerprint density at radius 2 is 1.86 bits per heavy atom. The minimum atomic E-state index is -0.962. The largest absolute Gasteiger partial charge is 0.480 e. The fourth-order valence-electron chi connectivity index (χ4n) is 3.52. The number of carboxylic acid groups (broad SMARTS) is 1. The average Bonchev–Trinajstić information content (AvgIpc) is 2.95. The van der Waals surface area contributed by atoms with Gasteiger partial charge in [-0.3, -0.25) is 14.5 Å². The molecule has 1 atom stereocenters. The highest BCUT2D eigenvalue weighted by Gasteiger charge is 2.39. The smallest absolute Gasteiger partial charge is 0.326 e. The van der Waals surface area contributed by atoms with Crippen LogP contribution < -0.4 is 0 Å². The van der Waals surface area contributed by atoms with Gasteiger partial charge in [-0.25, -0.2) is 4.79 Å². The van der Waals surface area contributed by atoms with Crippen molar-refractivity contribution in [3.63, 3.8) is 0 Å². The molecule has 0 radical (unpaired) electrons. The summed E-state index contributed by atoms with van der Waals surface area (Å²) in [5.74, 6) is -1.36. The van der Waals surface area contributed by atoms with Crippen molar-refractivity contribution in [1.82, 2.24) is 9.80 Å². The molecule has 2 aliphatic rings. The van der Waals surface area contributed by atoms with Gasteiger partial charge in [0, 0.05) is 17.6 Å². The summed E-state index contributed by atoms with van der Waals surface area (Å²) in [5, 5.41) is 9.38. The van der Waals surface area contributed by atoms with Crippen LogP contribution in [0.2, 0.25) is 0 Å². The van der Waals surface area contributed by atoms with Crippen LogP contribution in [0, 0.1) is 0 Å². The molecule has 2 aliphatic heterocycles. The first-order valence-electron chi connectivity index (χ1n) is 9.51. The lowest BCUT2D eigenvalue weighted by Crippen LogP contribution is -2.47. The third-order valence-corrected chi connectivity index (χ3v) is 6.27. The topological polar surface area (TPSA) is 77.9 Å². The van der Waals surface area contributed by atoms with Gasteiger partial charge in [0.2, 0.25) is 0 Å². The maximum absolute atomic E-state index is 12.8. The molecule has 0 aromatic heterocycles. The number of benzene rings is 1. The van der Waals surface area contributed by atoms with Crippen LogP contribution in [0.15, 0.2) is 29.2 Å². The molecule has 0 saturated carbocycles. The molecule has 2 fully saturated rings. The van der Waals surface area contributed by atoms with Gasteiger partial charge in [-0.2, -0.15) is 0 Å². The number of rotatable bonds is 3. The van der Waals surface area contributed by atoms with Crippen LogP contribution >= 0.6 is 24.0 Å². The lowest BCUT2D eigenvalue weighted by atomic mass is 10.0. The van der Waals surface area contributed by atoms with E-state index in [4.69, 9.17) is 12.2 Å². The molecule has 2 saturated heterocycles. The Bertz CT molecular complexity index is 887. The van der Waals surface area contributed by atoms with Gasteiger partial charge in [-0.05, 0) is 63.8 Å². The number of hydrogen-bond donors (Lipinski definition) is 1. The molecule has 154 valence electrons. The van der Waals surface area contributed by atoms with Crippen molar-refractivity contribution in [3.8, 4) is 0 Å². The molecule has 0 aliphatic carbocycles. The average molecular weight is 433 g/mol. The van der Waals surface area contributed by atoms with Crippen molar-refractivity contribution in [1.29, 1.82) is 0 Å². The second-order valence-corrected chi connectivity index (χ2v) is 9.83. The fourth-order valence-corrected chi connectivity index (χ4v) is 5.15. The van der Waals surface area contributed by atoms with Crippen LogP contribution in [0.1, 0.15) is 56.0 Å². The Morgan fingerprint density at radius 1 is 1.21 bits per heavy atom. The van der Waals surface area contributed by atoms with E-state index in [0.29, 0.717) is 27.8 Å². The van der Waals surface area contributed by atoms with Gasteiger partial charge in [0.05, 0.1) is 4.91 Å². The minimum absolute atomic E-state index is 0.120. The quantitative estimate of drug-likeness (QED) is 0.579. The highest BCUT2D eigenvalue weighted by atomic mass is 32.2. The molecule has 1 aromatic carbocycles. The van der Waals surface area contributed by atoms with Crippen molar-refractivity contribution in [3.05, 3.63) is 40.3 Å². The number of likely N-dealkylation sites (tertiary alicyclic amines) is 1. The molecule has 1 N–H and O–H groups in total. The summed E-state index contributed by atoms with van der Waals surface area (Å²) < 4.78 is 0.533. The number of carboxylic acids is 1. The standard InChI is InChI=1S/C21H24N2O4S2/c1-21(2,3)23-18(25)16(29-20(23)28)12-13-7-9-14(10-8-13)17(24)22-11-5-4-6-15(22)19(26)27/h7-10,12,15H,4-6,11H2,1-3H3,(H,26,27). The van der Waals surface area contributed by atoms with Gasteiger partial charge >= 0.3 is 5.97 Å². The molecule has 1 unspecified atom stereocenters. The van der Waals surface area contributed by atoms with E-state index in [9.17, 15) is 19.5 Å². The minimum Gasteiger partial charge on any atom is -0.480 e. The molecule has 6 nitrogen and oxygen atoms in total. The number of thioether (sulfide) groups is 1. The maximum atomic E-state index is 12.8. The lowest BCUT2D eigenvalue weighted by molar-refractivity contribution is -0.143. The molecular formula is C21H24N2O4S2. The SMILES string of the molecule is CC(C)(C)N1C(=O)C(=Cc2ccc(C(=O)N3CCCCC3C(=O)O)cc2)SC1=S. The van der Waals surface area contributed by atoms with Crippen LogP contribution in [-0.2, 0) is 9.59 Å². The maximum Gasteiger partial charge on any atom is 0.326 e. The van der Waals surface area contributed by atoms with Gasteiger partial charge in [0.1, 0.15) is 10.4 Å². The predicted molar refractivity (Wildman–Crippen MR) is 118 cm³/mol. The molecule has 29 heavy (non-hydrogen) atoms. The molecule has 2 amide bonds. The number of thiocarbonyl (C=S) groups is 1. The summed E-state index contributed by atoms with van der Waals surface area (Å²) >= 11 is 6.62. The molecule has 0 bridgehead atoms. The van der Waals surface area contributed by atoms with E-state index in [1.165, 1.54) is 16.7 Å². The molecular weight excluding hydrogens is 408 g/mol. The van der Waals surface area contributed by atoms with Crippen LogP contribution in [-0.4, -0.2) is 55.1 Å². The van der Waals surface area contributed by atoms with Crippen molar-refractivity contribution >= 4 is 52.2 Å². The van der Waals surface area contributed by atoms with Crippen LogP contribution in [0.3, 0.4) is 0 Å². The summed E-state index contributed by atoms with van der Waals surface area (Å²) in [5.41, 5.74) is 0.837. The van der Waals surface area contributed by atoms with E-state index in [1.807, 2.05) is 20.8 Å². The van der Waals surface area contributed by atoms with Crippen molar-refractivity contribution in [2.75, 3.05) is 6.54 Å². The predicted octanol–water partition coefficient (Wildman–Crippen LogP) is 3.77. The number of amides is 2. The number of carbonyl (C=O) groups is 3. The van der Waals surface area contributed by atoms with Crippen LogP contribution in [0.5, 0.6) is 0 Å². The summed E-state index contributed by atoms with van der Waals surface area (Å²) in [6.07, 6.45) is 3.87. The van der Waals surface area contributed by atoms with Crippen molar-refractivity contribution in [2.45, 2.75) is 51.6 Å². The summed E-state index contributed by atoms with van der Waals surface area (Å²) in [6.45, 7) is 6.26. The summed E-state index contributed by atoms with van der Waals surface area (Å²) in [4.78, 5) is 40.5. The number of aliphatic carboxylic acids is 1. The van der Waals surface area contributed by atoms with E-state index in [-0.39, 0.29) is 17.4 Å². The van der Waals surface area contributed by atoms with Gasteiger partial charge in [0.15, 0.2) is 0 Å². The van der Waals surface area contributed by atoms with Gasteiger partial charge < -0.3 is 10.0 Å². The first-order chi connectivity index (χ1) is 13.6. The van der Waals surface area contributed by atoms with Crippen LogP contribution in [0.25, 0.3) is 6.08 Å². The van der Waals surface area contributed by atoms with E-state index in [2.05, 4.69) is 0 Å². The zero-order valence-corrected chi connectivity index (χ0v) is 18.3. The highest BCUT2D eigenvalue weighted by Crippen LogP contribution is 2.36. The normalized spacial score (nSPS) is 21.8. The zero-order valence-electron chi connectivity index (χ0n) is 16.7. The summed E-state index contributed by atoms with van der Waals surface area (Å²) in [6, 6.07) is 6.10. The monoisotopic (exact) mass is 432 g/mol. The van der Waals surface area contributed by atoms with E-state index in [0.717, 1.165) is 18.4 Å². The molecule has 1 aromatic rings. The Balaban J connectivity index is 1.78. The van der Waals surface area contributed by atoms with E-state index in [1.54, 1.807) is 35.2 Å². The van der Waals surface area contributed by atoms with E-state index >= 15 is 0 Å². The van der Waals surface area contributed by atoms with Crippen LogP contribution in [0.4, 0.5) is 0 Å². The fraction of sp³-hybridized carbons (Fsp3) is 0.429.